The molecule has 138 valence electrons. The lowest BCUT2D eigenvalue weighted by Gasteiger charge is -2.29. The van der Waals surface area contributed by atoms with Gasteiger partial charge in [0.15, 0.2) is 0 Å². The second-order valence-electron chi connectivity index (χ2n) is 6.15. The second kappa shape index (κ2) is 10.0. The number of likely N-dealkylation sites (N-methyl/N-ethyl adjacent to an activating group) is 1. The van der Waals surface area contributed by atoms with Crippen LogP contribution in [0.25, 0.3) is 0 Å². The van der Waals surface area contributed by atoms with Crippen molar-refractivity contribution in [3.63, 3.8) is 0 Å². The molecule has 2 amide bonds. The van der Waals surface area contributed by atoms with Crippen molar-refractivity contribution in [2.75, 3.05) is 12.8 Å². The van der Waals surface area contributed by atoms with Crippen LogP contribution < -0.4 is 5.32 Å². The fourth-order valence-corrected chi connectivity index (χ4v) is 3.54. The largest absolute Gasteiger partial charge is 0.357 e. The molecule has 0 bridgehead atoms. The van der Waals surface area contributed by atoms with Gasteiger partial charge in [0.05, 0.1) is 0 Å². The van der Waals surface area contributed by atoms with Crippen LogP contribution in [0.5, 0.6) is 0 Å². The van der Waals surface area contributed by atoms with Crippen LogP contribution in [0.15, 0.2) is 59.5 Å². The van der Waals surface area contributed by atoms with Gasteiger partial charge in [-0.2, -0.15) is 0 Å². The summed E-state index contributed by atoms with van der Waals surface area (Å²) in [5.41, 5.74) is 2.18. The summed E-state index contributed by atoms with van der Waals surface area (Å²) in [4.78, 5) is 27.8. The highest BCUT2D eigenvalue weighted by atomic mass is 32.2. The molecule has 0 fully saturated rings. The monoisotopic (exact) mass is 370 g/mol. The number of amides is 2. The molecule has 0 heterocycles. The van der Waals surface area contributed by atoms with Crippen molar-refractivity contribution in [2.24, 2.45) is 0 Å². The number of carbonyl (C=O) groups excluding carboxylic acids is 2. The zero-order valence-corrected chi connectivity index (χ0v) is 16.4. The molecule has 1 atom stereocenters. The van der Waals surface area contributed by atoms with Crippen LogP contribution in [-0.4, -0.2) is 35.6 Å². The van der Waals surface area contributed by atoms with Gasteiger partial charge in [0, 0.05) is 30.7 Å². The number of carbonyl (C=O) groups is 2. The fraction of sp³-hybridized carbons (Fsp3) is 0.333. The Morgan fingerprint density at radius 1 is 1.08 bits per heavy atom. The van der Waals surface area contributed by atoms with E-state index in [9.17, 15) is 9.59 Å². The minimum atomic E-state index is -0.506. The quantitative estimate of drug-likeness (QED) is 0.722. The Hall–Kier alpha value is -2.27. The van der Waals surface area contributed by atoms with E-state index < -0.39 is 6.04 Å². The molecule has 4 nitrogen and oxygen atoms in total. The Kier molecular flexibility index (Phi) is 7.73. The van der Waals surface area contributed by atoms with Crippen molar-refractivity contribution in [3.8, 4) is 0 Å². The maximum Gasteiger partial charge on any atom is 0.242 e. The molecule has 2 aromatic rings. The highest BCUT2D eigenvalue weighted by molar-refractivity contribution is 7.99. The Balaban J connectivity index is 2.05. The van der Waals surface area contributed by atoms with E-state index in [0.717, 1.165) is 16.0 Å². The summed E-state index contributed by atoms with van der Waals surface area (Å²) >= 11 is 1.65. The maximum atomic E-state index is 12.8. The lowest BCUT2D eigenvalue weighted by molar-refractivity contribution is -0.140. The summed E-state index contributed by atoms with van der Waals surface area (Å²) in [6, 6.07) is 17.5. The Bertz CT molecular complexity index is 734. The minimum absolute atomic E-state index is 0.00668. The second-order valence-corrected chi connectivity index (χ2v) is 7.32. The first-order valence-corrected chi connectivity index (χ1v) is 9.75. The van der Waals surface area contributed by atoms with Gasteiger partial charge in [0.2, 0.25) is 11.8 Å². The first-order chi connectivity index (χ1) is 12.5. The molecule has 0 saturated carbocycles. The summed E-state index contributed by atoms with van der Waals surface area (Å²) in [7, 11) is 1.60. The van der Waals surface area contributed by atoms with Gasteiger partial charge in [0.1, 0.15) is 6.04 Å². The lowest BCUT2D eigenvalue weighted by atomic mass is 10.1. The molecule has 0 unspecified atom stereocenters. The maximum absolute atomic E-state index is 12.8. The predicted octanol–water partition coefficient (Wildman–Crippen LogP) is 3.64. The topological polar surface area (TPSA) is 49.4 Å². The lowest BCUT2D eigenvalue weighted by Crippen LogP contribution is -2.46. The third kappa shape index (κ3) is 5.63. The standard InChI is InChI=1S/C21H26N2O2S/c1-16-9-7-8-10-18(16)15-23(17(2)21(25)22-3)20(24)13-14-26-19-11-5-4-6-12-19/h4-12,17H,13-15H2,1-3H3,(H,22,25)/t17-/m1/s1. The summed E-state index contributed by atoms with van der Waals surface area (Å²) in [5, 5.41) is 2.64. The number of aryl methyl sites for hydroxylation is 1. The number of rotatable bonds is 8. The molecule has 0 spiro atoms. The third-order valence-corrected chi connectivity index (χ3v) is 5.36. The molecule has 0 aliphatic heterocycles. The highest BCUT2D eigenvalue weighted by Crippen LogP contribution is 2.20. The molecule has 5 heteroatoms. The zero-order valence-electron chi connectivity index (χ0n) is 15.6. The molecule has 0 aliphatic carbocycles. The molecule has 2 aromatic carbocycles. The Morgan fingerprint density at radius 2 is 1.73 bits per heavy atom. The number of hydrogen-bond acceptors (Lipinski definition) is 3. The van der Waals surface area contributed by atoms with Crippen molar-refractivity contribution in [2.45, 2.75) is 37.8 Å². The zero-order chi connectivity index (χ0) is 18.9. The molecule has 1 N–H and O–H groups in total. The van der Waals surface area contributed by atoms with Crippen LogP contribution in [-0.2, 0) is 16.1 Å². The van der Waals surface area contributed by atoms with Gasteiger partial charge < -0.3 is 10.2 Å². The molecule has 0 aliphatic rings. The minimum Gasteiger partial charge on any atom is -0.357 e. The van der Waals surface area contributed by atoms with Crippen molar-refractivity contribution in [3.05, 3.63) is 65.7 Å². The van der Waals surface area contributed by atoms with E-state index in [0.29, 0.717) is 18.7 Å². The van der Waals surface area contributed by atoms with Gasteiger partial charge in [-0.05, 0) is 37.1 Å². The third-order valence-electron chi connectivity index (χ3n) is 4.34. The smallest absolute Gasteiger partial charge is 0.242 e. The van der Waals surface area contributed by atoms with Gasteiger partial charge >= 0.3 is 0 Å². The van der Waals surface area contributed by atoms with E-state index in [2.05, 4.69) is 5.32 Å². The van der Waals surface area contributed by atoms with E-state index >= 15 is 0 Å². The van der Waals surface area contributed by atoms with Crippen molar-refractivity contribution in [1.82, 2.24) is 10.2 Å². The van der Waals surface area contributed by atoms with Gasteiger partial charge in [-0.3, -0.25) is 9.59 Å². The number of nitrogens with zero attached hydrogens (tertiary/aromatic N) is 1. The molecular formula is C21H26N2O2S. The number of benzene rings is 2. The van der Waals surface area contributed by atoms with E-state index in [-0.39, 0.29) is 11.8 Å². The van der Waals surface area contributed by atoms with Crippen LogP contribution >= 0.6 is 11.8 Å². The summed E-state index contributed by atoms with van der Waals surface area (Å²) in [5.74, 6) is 0.531. The number of thioether (sulfide) groups is 1. The molecular weight excluding hydrogens is 344 g/mol. The average Bonchev–Trinajstić information content (AvgIpc) is 2.67. The van der Waals surface area contributed by atoms with Gasteiger partial charge in [-0.15, -0.1) is 11.8 Å². The highest BCUT2D eigenvalue weighted by Gasteiger charge is 2.25. The first kappa shape index (κ1) is 20.0. The van der Waals surface area contributed by atoms with Gasteiger partial charge in [-0.25, -0.2) is 0 Å². The summed E-state index contributed by atoms with van der Waals surface area (Å²) in [6.07, 6.45) is 0.396. The molecule has 0 saturated heterocycles. The molecule has 2 rings (SSSR count). The fourth-order valence-electron chi connectivity index (χ4n) is 2.68. The number of hydrogen-bond donors (Lipinski definition) is 1. The molecule has 0 aromatic heterocycles. The predicted molar refractivity (Wildman–Crippen MR) is 107 cm³/mol. The van der Waals surface area contributed by atoms with E-state index in [1.165, 1.54) is 0 Å². The SMILES string of the molecule is CNC(=O)[C@@H](C)N(Cc1ccccc1C)C(=O)CCSc1ccccc1. The van der Waals surface area contributed by atoms with Crippen LogP contribution in [0.3, 0.4) is 0 Å². The Labute approximate surface area is 160 Å². The van der Waals surface area contributed by atoms with Crippen LogP contribution in [0.2, 0.25) is 0 Å². The molecule has 0 radical (unpaired) electrons. The van der Waals surface area contributed by atoms with E-state index in [4.69, 9.17) is 0 Å². The average molecular weight is 371 g/mol. The van der Waals surface area contributed by atoms with Crippen LogP contribution in [0, 0.1) is 6.92 Å². The normalized spacial score (nSPS) is 11.7. The number of nitrogens with one attached hydrogen (secondary N) is 1. The summed E-state index contributed by atoms with van der Waals surface area (Å²) in [6.45, 7) is 4.24. The molecule has 26 heavy (non-hydrogen) atoms. The van der Waals surface area contributed by atoms with Crippen molar-refractivity contribution < 1.29 is 9.59 Å². The van der Waals surface area contributed by atoms with Gasteiger partial charge in [0.25, 0.3) is 0 Å². The van der Waals surface area contributed by atoms with Crippen LogP contribution in [0.4, 0.5) is 0 Å². The first-order valence-electron chi connectivity index (χ1n) is 8.76. The van der Waals surface area contributed by atoms with Crippen molar-refractivity contribution >= 4 is 23.6 Å². The Morgan fingerprint density at radius 3 is 2.38 bits per heavy atom. The van der Waals surface area contributed by atoms with Crippen molar-refractivity contribution in [1.29, 1.82) is 0 Å². The van der Waals surface area contributed by atoms with E-state index in [1.54, 1.807) is 30.6 Å². The van der Waals surface area contributed by atoms with Gasteiger partial charge in [-0.1, -0.05) is 42.5 Å². The summed E-state index contributed by atoms with van der Waals surface area (Å²) < 4.78 is 0. The van der Waals surface area contributed by atoms with Crippen LogP contribution in [0.1, 0.15) is 24.5 Å². The van der Waals surface area contributed by atoms with E-state index in [1.807, 2.05) is 61.5 Å².